The molecule has 2 aliphatic carbocycles. The first-order chi connectivity index (χ1) is 23.2. The highest BCUT2D eigenvalue weighted by atomic mass is 19.4. The van der Waals surface area contributed by atoms with E-state index in [2.05, 4.69) is 54.5 Å². The quantitative estimate of drug-likeness (QED) is 0.356. The summed E-state index contributed by atoms with van der Waals surface area (Å²) in [5, 5.41) is 6.29. The Balaban J connectivity index is 1.02. The molecule has 2 saturated carbocycles. The standard InChI is InChI=1S/C35H49F3N8O2/c1-43-14-16-45(17-15-43)26-8-12-44(13-9-26)27-6-7-30(28(21-27)25-4-5-25)41-33-39-22-29(35(36,37)38)32(42-33)40-23-34(10-11-34)24-46-18-20-48-19-2-3-31(46)47/h6-7,21-22,25-26H,2-5,8-20,23-24H2,1H3,(H2,39,40,41,42). The molecule has 262 valence electrons. The van der Waals surface area contributed by atoms with Crippen molar-refractivity contribution >= 4 is 29.0 Å². The molecule has 13 heteroatoms. The van der Waals surface area contributed by atoms with E-state index in [1.165, 1.54) is 11.3 Å². The van der Waals surface area contributed by atoms with Gasteiger partial charge in [0.25, 0.3) is 0 Å². The number of hydrogen-bond donors (Lipinski definition) is 2. The van der Waals surface area contributed by atoms with Gasteiger partial charge in [0.1, 0.15) is 11.4 Å². The van der Waals surface area contributed by atoms with Crippen LogP contribution in [-0.4, -0.2) is 116 Å². The predicted octanol–water partition coefficient (Wildman–Crippen LogP) is 5.16. The lowest BCUT2D eigenvalue weighted by molar-refractivity contribution is -0.137. The van der Waals surface area contributed by atoms with Gasteiger partial charge in [-0.1, -0.05) is 0 Å². The van der Waals surface area contributed by atoms with E-state index in [0.717, 1.165) is 89.7 Å². The summed E-state index contributed by atoms with van der Waals surface area (Å²) in [4.78, 5) is 30.5. The molecular formula is C35H49F3N8O2. The van der Waals surface area contributed by atoms with Gasteiger partial charge in [0.15, 0.2) is 0 Å². The van der Waals surface area contributed by atoms with Crippen LogP contribution in [0.2, 0.25) is 0 Å². The Labute approximate surface area is 281 Å². The lowest BCUT2D eigenvalue weighted by atomic mass is 10.0. The molecule has 4 heterocycles. The van der Waals surface area contributed by atoms with Crippen LogP contribution in [0.3, 0.4) is 0 Å². The predicted molar refractivity (Wildman–Crippen MR) is 180 cm³/mol. The van der Waals surface area contributed by atoms with Crippen molar-refractivity contribution in [2.75, 3.05) is 94.7 Å². The van der Waals surface area contributed by atoms with E-state index in [-0.39, 0.29) is 23.1 Å². The topological polar surface area (TPSA) is 89.1 Å². The molecule has 5 aliphatic rings. The van der Waals surface area contributed by atoms with Crippen LogP contribution in [0.4, 0.5) is 36.3 Å². The van der Waals surface area contributed by atoms with Crippen molar-refractivity contribution in [1.82, 2.24) is 24.7 Å². The maximum Gasteiger partial charge on any atom is 0.421 e. The third kappa shape index (κ3) is 8.00. The normalized spacial score (nSPS) is 23.1. The number of piperazine rings is 1. The van der Waals surface area contributed by atoms with Crippen LogP contribution in [0.5, 0.6) is 0 Å². The van der Waals surface area contributed by atoms with Gasteiger partial charge in [0.2, 0.25) is 11.9 Å². The number of halogens is 3. The molecule has 48 heavy (non-hydrogen) atoms. The van der Waals surface area contributed by atoms with Crippen LogP contribution >= 0.6 is 0 Å². The average molecular weight is 671 g/mol. The van der Waals surface area contributed by atoms with Gasteiger partial charge in [-0.05, 0) is 81.7 Å². The zero-order valence-electron chi connectivity index (χ0n) is 28.0. The van der Waals surface area contributed by atoms with Gasteiger partial charge in [-0.15, -0.1) is 0 Å². The van der Waals surface area contributed by atoms with Crippen LogP contribution < -0.4 is 15.5 Å². The highest BCUT2D eigenvalue weighted by Gasteiger charge is 2.45. The fourth-order valence-electron chi connectivity index (χ4n) is 7.47. The van der Waals surface area contributed by atoms with Crippen molar-refractivity contribution in [3.8, 4) is 0 Å². The maximum atomic E-state index is 14.1. The maximum absolute atomic E-state index is 14.1. The molecule has 1 amide bonds. The zero-order valence-corrected chi connectivity index (χ0v) is 28.0. The van der Waals surface area contributed by atoms with Gasteiger partial charge in [-0.2, -0.15) is 18.2 Å². The summed E-state index contributed by atoms with van der Waals surface area (Å²) >= 11 is 0. The summed E-state index contributed by atoms with van der Waals surface area (Å²) in [6.45, 7) is 8.97. The molecule has 0 radical (unpaired) electrons. The smallest absolute Gasteiger partial charge is 0.380 e. The number of ether oxygens (including phenoxy) is 1. The van der Waals surface area contributed by atoms with E-state index in [4.69, 9.17) is 4.74 Å². The van der Waals surface area contributed by atoms with Crippen molar-refractivity contribution in [3.63, 3.8) is 0 Å². The van der Waals surface area contributed by atoms with Crippen molar-refractivity contribution in [2.24, 2.45) is 5.41 Å². The number of hydrogen-bond acceptors (Lipinski definition) is 9. The first-order valence-corrected chi connectivity index (χ1v) is 17.8. The zero-order chi connectivity index (χ0) is 33.3. The number of piperidine rings is 1. The van der Waals surface area contributed by atoms with Crippen molar-refractivity contribution in [2.45, 2.75) is 69.5 Å². The summed E-state index contributed by atoms with van der Waals surface area (Å²) < 4.78 is 47.8. The molecule has 0 atom stereocenters. The second-order valence-corrected chi connectivity index (χ2v) is 14.6. The Morgan fingerprint density at radius 3 is 2.48 bits per heavy atom. The second kappa shape index (κ2) is 14.0. The van der Waals surface area contributed by atoms with E-state index in [1.807, 2.05) is 11.0 Å². The lowest BCUT2D eigenvalue weighted by Gasteiger charge is -2.42. The Morgan fingerprint density at radius 2 is 1.77 bits per heavy atom. The number of carbonyl (C=O) groups excluding carboxylic acids is 1. The number of rotatable bonds is 10. The third-order valence-electron chi connectivity index (χ3n) is 10.9. The minimum absolute atomic E-state index is 0.0849. The molecule has 2 N–H and O–H groups in total. The average Bonchev–Trinajstić information content (AvgIpc) is 4.01. The molecule has 10 nitrogen and oxygen atoms in total. The van der Waals surface area contributed by atoms with Crippen molar-refractivity contribution < 1.29 is 22.7 Å². The number of carbonyl (C=O) groups is 1. The van der Waals surface area contributed by atoms with Crippen molar-refractivity contribution in [1.29, 1.82) is 0 Å². The summed E-state index contributed by atoms with van der Waals surface area (Å²) in [7, 11) is 2.19. The Morgan fingerprint density at radius 1 is 1.00 bits per heavy atom. The lowest BCUT2D eigenvalue weighted by Crippen LogP contribution is -2.52. The molecule has 5 fully saturated rings. The second-order valence-electron chi connectivity index (χ2n) is 14.6. The van der Waals surface area contributed by atoms with Crippen LogP contribution in [0.25, 0.3) is 0 Å². The molecule has 3 saturated heterocycles. The SMILES string of the molecule is CN1CCN(C2CCN(c3ccc(Nc4ncc(C(F)(F)F)c(NCC5(CN6CCOCCCC6=O)CC5)n4)c(C4CC4)c3)CC2)CC1. The minimum Gasteiger partial charge on any atom is -0.380 e. The summed E-state index contributed by atoms with van der Waals surface area (Å²) in [5.41, 5.74) is 2.05. The number of alkyl halides is 3. The molecule has 2 aromatic rings. The monoisotopic (exact) mass is 670 g/mol. The highest BCUT2D eigenvalue weighted by Crippen LogP contribution is 2.48. The molecule has 0 unspecified atom stereocenters. The van der Waals surface area contributed by atoms with Crippen LogP contribution in [0.15, 0.2) is 24.4 Å². The fraction of sp³-hybridized carbons (Fsp3) is 0.686. The number of likely N-dealkylation sites (N-methyl/N-ethyl adjacent to an activating group) is 1. The van der Waals surface area contributed by atoms with Gasteiger partial charge in [-0.25, -0.2) is 4.98 Å². The summed E-state index contributed by atoms with van der Waals surface area (Å²) in [6, 6.07) is 7.05. The third-order valence-corrected chi connectivity index (χ3v) is 10.9. The van der Waals surface area contributed by atoms with Crippen LogP contribution in [0.1, 0.15) is 68.4 Å². The van der Waals surface area contributed by atoms with E-state index in [1.54, 1.807) is 0 Å². The van der Waals surface area contributed by atoms with Gasteiger partial charge in [0, 0.05) is 101 Å². The number of aromatic nitrogens is 2. The highest BCUT2D eigenvalue weighted by molar-refractivity contribution is 5.76. The van der Waals surface area contributed by atoms with E-state index in [0.29, 0.717) is 57.6 Å². The number of anilines is 4. The van der Waals surface area contributed by atoms with Crippen molar-refractivity contribution in [3.05, 3.63) is 35.5 Å². The van der Waals surface area contributed by atoms with E-state index >= 15 is 0 Å². The van der Waals surface area contributed by atoms with Gasteiger partial charge >= 0.3 is 6.18 Å². The van der Waals surface area contributed by atoms with Gasteiger partial charge in [-0.3, -0.25) is 9.69 Å². The first kappa shape index (κ1) is 33.3. The molecule has 0 bridgehead atoms. The number of nitrogens with zero attached hydrogens (tertiary/aromatic N) is 6. The number of benzene rings is 1. The van der Waals surface area contributed by atoms with Gasteiger partial charge in [0.05, 0.1) is 6.61 Å². The number of nitrogens with one attached hydrogen (secondary N) is 2. The van der Waals surface area contributed by atoms with E-state index < -0.39 is 11.7 Å². The molecule has 3 aliphatic heterocycles. The fourth-order valence-corrected chi connectivity index (χ4v) is 7.47. The Kier molecular flexibility index (Phi) is 9.72. The molecule has 0 spiro atoms. The molecule has 1 aromatic carbocycles. The van der Waals surface area contributed by atoms with Crippen LogP contribution in [-0.2, 0) is 15.7 Å². The Hall–Kier alpha value is -3.16. The van der Waals surface area contributed by atoms with Gasteiger partial charge < -0.3 is 30.1 Å². The summed E-state index contributed by atoms with van der Waals surface area (Å²) in [5.74, 6) is 0.408. The molecular weight excluding hydrogens is 621 g/mol. The molecule has 1 aromatic heterocycles. The van der Waals surface area contributed by atoms with Crippen LogP contribution in [0, 0.1) is 5.41 Å². The van der Waals surface area contributed by atoms with E-state index in [9.17, 15) is 18.0 Å². The molecule has 7 rings (SSSR count). The largest absolute Gasteiger partial charge is 0.421 e. The summed E-state index contributed by atoms with van der Waals surface area (Å²) in [6.07, 6.45) is 3.56. The minimum atomic E-state index is -4.60. The first-order valence-electron chi connectivity index (χ1n) is 17.8. The number of amides is 1. The Bertz CT molecular complexity index is 1430.